The molecule has 1 aromatic rings. The molecule has 0 aliphatic heterocycles. The summed E-state index contributed by atoms with van der Waals surface area (Å²) < 4.78 is 17.8. The van der Waals surface area contributed by atoms with Gasteiger partial charge in [-0.25, -0.2) is 9.18 Å². The Bertz CT molecular complexity index is 382. The molecular formula is C12H14FNO2. The van der Waals surface area contributed by atoms with Gasteiger partial charge in [0.2, 0.25) is 0 Å². The number of amides is 1. The number of hydrogen-bond acceptors (Lipinski definition) is 2. The van der Waals surface area contributed by atoms with E-state index in [0.29, 0.717) is 6.42 Å². The molecule has 0 bridgehead atoms. The van der Waals surface area contributed by atoms with Gasteiger partial charge < -0.3 is 10.1 Å². The van der Waals surface area contributed by atoms with Crippen molar-refractivity contribution in [3.63, 3.8) is 0 Å². The molecule has 1 aliphatic rings. The molecule has 1 N–H and O–H groups in total. The molecule has 1 aliphatic carbocycles. The van der Waals surface area contributed by atoms with E-state index >= 15 is 0 Å². The van der Waals surface area contributed by atoms with Crippen molar-refractivity contribution < 1.29 is 13.9 Å². The van der Waals surface area contributed by atoms with E-state index in [2.05, 4.69) is 5.32 Å². The second kappa shape index (κ2) is 4.12. The molecule has 0 spiro atoms. The van der Waals surface area contributed by atoms with Gasteiger partial charge in [0.25, 0.3) is 0 Å². The Hall–Kier alpha value is -1.58. The number of alkyl halides is 1. The van der Waals surface area contributed by atoms with E-state index in [-0.39, 0.29) is 6.61 Å². The lowest BCUT2D eigenvalue weighted by atomic mass is 10.2. The Morgan fingerprint density at radius 3 is 2.75 bits per heavy atom. The van der Waals surface area contributed by atoms with Crippen LogP contribution in [-0.2, 0) is 11.3 Å². The number of carbonyl (C=O) groups is 1. The van der Waals surface area contributed by atoms with Crippen molar-refractivity contribution in [1.82, 2.24) is 5.32 Å². The second-order valence-electron chi connectivity index (χ2n) is 4.28. The maximum Gasteiger partial charge on any atom is 0.407 e. The number of hydrogen-bond donors (Lipinski definition) is 1. The van der Waals surface area contributed by atoms with Crippen molar-refractivity contribution in [3.8, 4) is 0 Å². The summed E-state index contributed by atoms with van der Waals surface area (Å²) in [6, 6.07) is 9.36. The summed E-state index contributed by atoms with van der Waals surface area (Å²) in [4.78, 5) is 11.3. The Morgan fingerprint density at radius 2 is 2.19 bits per heavy atom. The largest absolute Gasteiger partial charge is 0.445 e. The smallest absolute Gasteiger partial charge is 0.407 e. The molecule has 0 saturated heterocycles. The van der Waals surface area contributed by atoms with Gasteiger partial charge in [-0.3, -0.25) is 0 Å². The van der Waals surface area contributed by atoms with E-state index in [4.69, 9.17) is 4.74 Å². The summed E-state index contributed by atoms with van der Waals surface area (Å²) in [7, 11) is 0. The number of alkyl carbamates (subject to hydrolysis) is 1. The lowest BCUT2D eigenvalue weighted by Crippen LogP contribution is -2.36. The Morgan fingerprint density at radius 1 is 1.56 bits per heavy atom. The molecule has 0 radical (unpaired) electrons. The maximum atomic E-state index is 12.8. The van der Waals surface area contributed by atoms with Gasteiger partial charge in [-0.05, 0) is 12.5 Å². The Kier molecular flexibility index (Phi) is 2.81. The van der Waals surface area contributed by atoms with Gasteiger partial charge in [0.1, 0.15) is 12.8 Å². The highest BCUT2D eigenvalue weighted by Gasteiger charge is 2.52. The normalized spacial score (nSPS) is 27.2. The van der Waals surface area contributed by atoms with Crippen LogP contribution in [0, 0.1) is 0 Å². The van der Waals surface area contributed by atoms with Gasteiger partial charge in [0.15, 0.2) is 0 Å². The third kappa shape index (κ3) is 2.51. The van der Waals surface area contributed by atoms with Crippen LogP contribution >= 0.6 is 0 Å². The highest BCUT2D eigenvalue weighted by atomic mass is 19.1. The molecule has 1 aromatic carbocycles. The molecule has 16 heavy (non-hydrogen) atoms. The highest BCUT2D eigenvalue weighted by Crippen LogP contribution is 2.38. The molecule has 2 rings (SSSR count). The van der Waals surface area contributed by atoms with Crippen LogP contribution < -0.4 is 5.32 Å². The van der Waals surface area contributed by atoms with Crippen LogP contribution in [0.1, 0.15) is 18.9 Å². The fourth-order valence-electron chi connectivity index (χ4n) is 1.44. The van der Waals surface area contributed by atoms with Crippen molar-refractivity contribution in [3.05, 3.63) is 35.9 Å². The Labute approximate surface area is 93.6 Å². The first-order valence-electron chi connectivity index (χ1n) is 5.23. The van der Waals surface area contributed by atoms with Crippen LogP contribution in [0.4, 0.5) is 9.18 Å². The second-order valence-corrected chi connectivity index (χ2v) is 4.28. The number of halogens is 1. The summed E-state index contributed by atoms with van der Waals surface area (Å²) in [5, 5.41) is 2.51. The minimum atomic E-state index is -0.947. The topological polar surface area (TPSA) is 38.3 Å². The lowest BCUT2D eigenvalue weighted by Gasteiger charge is -2.11. The lowest BCUT2D eigenvalue weighted by molar-refractivity contribution is 0.133. The fraction of sp³-hybridized carbons (Fsp3) is 0.417. The monoisotopic (exact) mass is 223 g/mol. The van der Waals surface area contributed by atoms with Crippen molar-refractivity contribution in [2.45, 2.75) is 31.7 Å². The highest BCUT2D eigenvalue weighted by molar-refractivity contribution is 5.69. The summed E-state index contributed by atoms with van der Waals surface area (Å²) >= 11 is 0. The van der Waals surface area contributed by atoms with Crippen LogP contribution in [0.2, 0.25) is 0 Å². The van der Waals surface area contributed by atoms with Crippen LogP contribution in [0.3, 0.4) is 0 Å². The summed E-state index contributed by atoms with van der Waals surface area (Å²) in [6.45, 7) is 1.88. The first-order valence-corrected chi connectivity index (χ1v) is 5.23. The first kappa shape index (κ1) is 10.9. The number of ether oxygens (including phenoxy) is 1. The quantitative estimate of drug-likeness (QED) is 0.854. The van der Waals surface area contributed by atoms with Crippen LogP contribution in [0.5, 0.6) is 0 Å². The minimum absolute atomic E-state index is 0.208. The van der Waals surface area contributed by atoms with Crippen molar-refractivity contribution in [2.75, 3.05) is 0 Å². The van der Waals surface area contributed by atoms with Gasteiger partial charge in [0.05, 0.1) is 5.54 Å². The predicted octanol–water partition coefficient (Wildman–Crippen LogP) is 2.41. The molecule has 0 unspecified atom stereocenters. The molecule has 3 nitrogen and oxygen atoms in total. The van der Waals surface area contributed by atoms with Crippen LogP contribution in [0.15, 0.2) is 30.3 Å². The van der Waals surface area contributed by atoms with E-state index in [1.54, 1.807) is 6.92 Å². The Balaban J connectivity index is 1.77. The summed E-state index contributed by atoms with van der Waals surface area (Å²) in [5.41, 5.74) is 0.198. The van der Waals surface area contributed by atoms with Crippen molar-refractivity contribution in [2.24, 2.45) is 0 Å². The number of carbonyl (C=O) groups excluding carboxylic acids is 1. The summed E-state index contributed by atoms with van der Waals surface area (Å²) in [6.07, 6.45) is -1.14. The molecule has 86 valence electrons. The fourth-order valence-corrected chi connectivity index (χ4v) is 1.44. The SMILES string of the molecule is C[C@]1(NC(=O)OCc2ccccc2)C[C@H]1F. The zero-order valence-electron chi connectivity index (χ0n) is 9.07. The summed E-state index contributed by atoms with van der Waals surface area (Å²) in [5.74, 6) is 0. The van der Waals surface area contributed by atoms with E-state index in [9.17, 15) is 9.18 Å². The van der Waals surface area contributed by atoms with E-state index in [1.807, 2.05) is 30.3 Å². The molecule has 0 heterocycles. The van der Waals surface area contributed by atoms with E-state index in [0.717, 1.165) is 5.56 Å². The van der Waals surface area contributed by atoms with Gasteiger partial charge in [0, 0.05) is 6.42 Å². The average Bonchev–Trinajstić information content (AvgIpc) is 2.84. The van der Waals surface area contributed by atoms with Gasteiger partial charge in [-0.15, -0.1) is 0 Å². The molecular weight excluding hydrogens is 209 g/mol. The zero-order chi connectivity index (χ0) is 11.6. The maximum absolute atomic E-state index is 12.8. The predicted molar refractivity (Wildman–Crippen MR) is 57.7 cm³/mol. The van der Waals surface area contributed by atoms with Crippen LogP contribution in [0.25, 0.3) is 0 Å². The molecule has 1 saturated carbocycles. The third-order valence-corrected chi connectivity index (χ3v) is 2.73. The zero-order valence-corrected chi connectivity index (χ0v) is 9.07. The van der Waals surface area contributed by atoms with Crippen molar-refractivity contribution >= 4 is 6.09 Å². The minimum Gasteiger partial charge on any atom is -0.445 e. The molecule has 4 heteroatoms. The number of rotatable bonds is 3. The van der Waals surface area contributed by atoms with Gasteiger partial charge in [-0.1, -0.05) is 30.3 Å². The van der Waals surface area contributed by atoms with Crippen molar-refractivity contribution in [1.29, 1.82) is 0 Å². The number of benzene rings is 1. The molecule has 1 amide bonds. The first-order chi connectivity index (χ1) is 7.60. The number of nitrogens with one attached hydrogen (secondary N) is 1. The molecule has 2 atom stereocenters. The molecule has 1 fully saturated rings. The van der Waals surface area contributed by atoms with Gasteiger partial charge in [-0.2, -0.15) is 0 Å². The molecule has 0 aromatic heterocycles. The van der Waals surface area contributed by atoms with E-state index < -0.39 is 17.8 Å². The van der Waals surface area contributed by atoms with E-state index in [1.165, 1.54) is 0 Å². The standard InChI is InChI=1S/C12H14FNO2/c1-12(7-10(12)13)14-11(15)16-8-9-5-3-2-4-6-9/h2-6,10H,7-8H2,1H3,(H,14,15)/t10-,12+/m1/s1. The van der Waals surface area contributed by atoms with Gasteiger partial charge >= 0.3 is 6.09 Å². The third-order valence-electron chi connectivity index (χ3n) is 2.73. The van der Waals surface area contributed by atoms with Crippen LogP contribution in [-0.4, -0.2) is 17.8 Å². The average molecular weight is 223 g/mol.